The number of halogens is 1. The third-order valence-corrected chi connectivity index (χ3v) is 2.28. The molecule has 1 radical (unpaired) electrons. The highest BCUT2D eigenvalue weighted by atomic mass is 127. The van der Waals surface area contributed by atoms with Crippen molar-refractivity contribution in [3.63, 3.8) is 0 Å². The van der Waals surface area contributed by atoms with Gasteiger partial charge in [0, 0.05) is 3.92 Å². The van der Waals surface area contributed by atoms with Crippen molar-refractivity contribution in [1.82, 2.24) is 0 Å². The summed E-state index contributed by atoms with van der Waals surface area (Å²) in [5.74, 6) is 0. The van der Waals surface area contributed by atoms with Crippen LogP contribution in [0.25, 0.3) is 0 Å². The van der Waals surface area contributed by atoms with Crippen molar-refractivity contribution in [1.29, 1.82) is 0 Å². The van der Waals surface area contributed by atoms with E-state index < -0.39 is 0 Å². The van der Waals surface area contributed by atoms with Crippen LogP contribution in [0.5, 0.6) is 0 Å². The Labute approximate surface area is 64.6 Å². The second-order valence-electron chi connectivity index (χ2n) is 1.88. The van der Waals surface area contributed by atoms with E-state index in [9.17, 15) is 5.11 Å². The fourth-order valence-corrected chi connectivity index (χ4v) is 1.46. The largest absolute Gasteiger partial charge is 0.237 e. The summed E-state index contributed by atoms with van der Waals surface area (Å²) in [7, 11) is 0. The van der Waals surface area contributed by atoms with Gasteiger partial charge in [-0.25, -0.2) is 5.11 Å². The molecule has 8 heavy (non-hydrogen) atoms. The molecule has 2 heteroatoms. The molecule has 0 saturated heterocycles. The van der Waals surface area contributed by atoms with Gasteiger partial charge in [0.1, 0.15) is 0 Å². The molecule has 1 atom stereocenters. The van der Waals surface area contributed by atoms with E-state index >= 15 is 0 Å². The number of alkyl halides is 1. The van der Waals surface area contributed by atoms with E-state index in [0.717, 1.165) is 6.42 Å². The third-order valence-electron chi connectivity index (χ3n) is 1.03. The van der Waals surface area contributed by atoms with Crippen LogP contribution < -0.4 is 0 Å². The van der Waals surface area contributed by atoms with Gasteiger partial charge in [-0.2, -0.15) is 0 Å². The van der Waals surface area contributed by atoms with Crippen molar-refractivity contribution in [2.75, 3.05) is 6.61 Å². The zero-order chi connectivity index (χ0) is 6.41. The van der Waals surface area contributed by atoms with Gasteiger partial charge in [-0.1, -0.05) is 35.9 Å². The fourth-order valence-electron chi connectivity index (χ4n) is 0.585. The van der Waals surface area contributed by atoms with Gasteiger partial charge in [0.25, 0.3) is 0 Å². The SMILES string of the molecule is CCCC(I)CC[O]. The Balaban J connectivity index is 2.92. The van der Waals surface area contributed by atoms with Gasteiger partial charge in [0.15, 0.2) is 0 Å². The summed E-state index contributed by atoms with van der Waals surface area (Å²) in [6, 6.07) is 0. The van der Waals surface area contributed by atoms with E-state index in [-0.39, 0.29) is 6.61 Å². The first kappa shape index (κ1) is 8.69. The average Bonchev–Trinajstić information content (AvgIpc) is 1.68. The molecule has 0 fully saturated rings. The van der Waals surface area contributed by atoms with Crippen LogP contribution in [-0.4, -0.2) is 10.5 Å². The molecule has 1 unspecified atom stereocenters. The molecule has 0 heterocycles. The minimum absolute atomic E-state index is 0.0909. The molecule has 0 aromatic carbocycles. The minimum atomic E-state index is 0.0909. The molecule has 0 aliphatic rings. The highest BCUT2D eigenvalue weighted by molar-refractivity contribution is 14.1. The fraction of sp³-hybridized carbons (Fsp3) is 1.00. The van der Waals surface area contributed by atoms with Gasteiger partial charge >= 0.3 is 0 Å². The summed E-state index contributed by atoms with van der Waals surface area (Å²) in [5, 5.41) is 10.0. The molecule has 0 aliphatic heterocycles. The van der Waals surface area contributed by atoms with Crippen molar-refractivity contribution in [2.24, 2.45) is 0 Å². The van der Waals surface area contributed by atoms with E-state index in [0.29, 0.717) is 3.92 Å². The molecule has 1 nitrogen and oxygen atoms in total. The molecule has 0 amide bonds. The van der Waals surface area contributed by atoms with E-state index in [2.05, 4.69) is 29.5 Å². The lowest BCUT2D eigenvalue weighted by molar-refractivity contribution is 0.189. The lowest BCUT2D eigenvalue weighted by atomic mass is 10.2. The van der Waals surface area contributed by atoms with Gasteiger partial charge in [0.2, 0.25) is 0 Å². The predicted octanol–water partition coefficient (Wildman–Crippen LogP) is 2.41. The zero-order valence-corrected chi connectivity index (χ0v) is 7.35. The molecule has 0 aromatic rings. The standard InChI is InChI=1S/C6H12IO/c1-2-3-6(7)4-5-8/h6H,2-5H2,1H3. The molecular weight excluding hydrogens is 215 g/mol. The van der Waals surface area contributed by atoms with Gasteiger partial charge in [-0.15, -0.1) is 0 Å². The minimum Gasteiger partial charge on any atom is -0.237 e. The predicted molar refractivity (Wildman–Crippen MR) is 42.9 cm³/mol. The van der Waals surface area contributed by atoms with Crippen molar-refractivity contribution >= 4 is 22.6 Å². The highest BCUT2D eigenvalue weighted by Crippen LogP contribution is 2.11. The number of rotatable bonds is 4. The second kappa shape index (κ2) is 5.82. The molecule has 0 aromatic heterocycles. The Morgan fingerprint density at radius 3 is 2.50 bits per heavy atom. The Bertz CT molecular complexity index is 41.8. The maximum absolute atomic E-state index is 10.0. The maximum atomic E-state index is 10.0. The first-order valence-electron chi connectivity index (χ1n) is 3.03. The number of hydrogen-bond acceptors (Lipinski definition) is 0. The molecular formula is C6H12IO. The summed E-state index contributed by atoms with van der Waals surface area (Å²) >= 11 is 2.34. The summed E-state index contributed by atoms with van der Waals surface area (Å²) in [4.78, 5) is 0. The van der Waals surface area contributed by atoms with E-state index in [4.69, 9.17) is 0 Å². The van der Waals surface area contributed by atoms with Crippen LogP contribution in [0, 0.1) is 0 Å². The quantitative estimate of drug-likeness (QED) is 0.519. The van der Waals surface area contributed by atoms with Crippen molar-refractivity contribution in [3.05, 3.63) is 0 Å². The van der Waals surface area contributed by atoms with Crippen LogP contribution in [0.2, 0.25) is 0 Å². The molecule has 0 bridgehead atoms. The molecule has 0 aliphatic carbocycles. The molecule has 0 saturated carbocycles. The van der Waals surface area contributed by atoms with Crippen LogP contribution >= 0.6 is 22.6 Å². The summed E-state index contributed by atoms with van der Waals surface area (Å²) in [6.45, 7) is 2.24. The van der Waals surface area contributed by atoms with Crippen LogP contribution in [0.4, 0.5) is 0 Å². The van der Waals surface area contributed by atoms with Gasteiger partial charge < -0.3 is 0 Å². The topological polar surface area (TPSA) is 19.9 Å². The Hall–Kier alpha value is 0.690. The van der Waals surface area contributed by atoms with Crippen LogP contribution in [0.1, 0.15) is 26.2 Å². The molecule has 0 spiro atoms. The summed E-state index contributed by atoms with van der Waals surface area (Å²) in [6.07, 6.45) is 3.24. The van der Waals surface area contributed by atoms with E-state index in [1.165, 1.54) is 12.8 Å². The maximum Gasteiger partial charge on any atom is 0.0832 e. The van der Waals surface area contributed by atoms with Crippen molar-refractivity contribution in [3.8, 4) is 0 Å². The third kappa shape index (κ3) is 4.84. The Kier molecular flexibility index (Phi) is 6.32. The molecule has 0 N–H and O–H groups in total. The first-order valence-corrected chi connectivity index (χ1v) is 4.28. The second-order valence-corrected chi connectivity index (χ2v) is 3.64. The lowest BCUT2D eigenvalue weighted by Crippen LogP contribution is -1.98. The van der Waals surface area contributed by atoms with Crippen molar-refractivity contribution < 1.29 is 5.11 Å². The Morgan fingerprint density at radius 2 is 2.12 bits per heavy atom. The van der Waals surface area contributed by atoms with Gasteiger partial charge in [0.05, 0.1) is 6.61 Å². The zero-order valence-electron chi connectivity index (χ0n) is 5.19. The number of hydrogen-bond donors (Lipinski definition) is 0. The van der Waals surface area contributed by atoms with E-state index in [1.807, 2.05) is 0 Å². The molecule has 0 rings (SSSR count). The van der Waals surface area contributed by atoms with Crippen LogP contribution in [-0.2, 0) is 5.11 Å². The first-order chi connectivity index (χ1) is 3.81. The monoisotopic (exact) mass is 227 g/mol. The highest BCUT2D eigenvalue weighted by Gasteiger charge is 1.99. The average molecular weight is 227 g/mol. The summed E-state index contributed by atoms with van der Waals surface area (Å²) < 4.78 is 0.620. The normalized spacial score (nSPS) is 13.9. The molecule has 49 valence electrons. The van der Waals surface area contributed by atoms with Crippen molar-refractivity contribution in [2.45, 2.75) is 30.1 Å². The smallest absolute Gasteiger partial charge is 0.0832 e. The van der Waals surface area contributed by atoms with E-state index in [1.54, 1.807) is 0 Å². The van der Waals surface area contributed by atoms with Crippen LogP contribution in [0.15, 0.2) is 0 Å². The van der Waals surface area contributed by atoms with Crippen LogP contribution in [0.3, 0.4) is 0 Å². The Morgan fingerprint density at radius 1 is 1.50 bits per heavy atom. The summed E-state index contributed by atoms with van der Waals surface area (Å²) in [5.41, 5.74) is 0. The van der Waals surface area contributed by atoms with Gasteiger partial charge in [-0.3, -0.25) is 0 Å². The lowest BCUT2D eigenvalue weighted by Gasteiger charge is -2.02. The van der Waals surface area contributed by atoms with Gasteiger partial charge in [-0.05, 0) is 12.8 Å².